The van der Waals surface area contributed by atoms with Crippen molar-refractivity contribution < 1.29 is 18.3 Å². The van der Waals surface area contributed by atoms with Gasteiger partial charge in [0.15, 0.2) is 0 Å². The van der Waals surface area contributed by atoms with E-state index >= 15 is 0 Å². The summed E-state index contributed by atoms with van der Waals surface area (Å²) in [6.07, 6.45) is 0. The third-order valence-corrected chi connectivity index (χ3v) is 4.87. The van der Waals surface area contributed by atoms with E-state index in [2.05, 4.69) is 4.72 Å². The topological polar surface area (TPSA) is 83.5 Å². The molecule has 0 saturated heterocycles. The zero-order valence-electron chi connectivity index (χ0n) is 12.5. The van der Waals surface area contributed by atoms with Gasteiger partial charge in [-0.15, -0.1) is 0 Å². The zero-order valence-corrected chi connectivity index (χ0v) is 13.4. The van der Waals surface area contributed by atoms with Gasteiger partial charge < -0.3 is 5.11 Å². The SMILES string of the molecule is Cc1ccc(NS(=O)(=O)c2cc(C(=O)O)c(C)cc2C)cc1. The molecule has 0 amide bonds. The highest BCUT2D eigenvalue weighted by Gasteiger charge is 2.20. The lowest BCUT2D eigenvalue weighted by Gasteiger charge is -2.13. The van der Waals surface area contributed by atoms with Gasteiger partial charge in [-0.2, -0.15) is 0 Å². The Balaban J connectivity index is 2.47. The fourth-order valence-electron chi connectivity index (χ4n) is 2.18. The molecule has 0 aliphatic carbocycles. The molecule has 5 nitrogen and oxygen atoms in total. The molecule has 0 unspecified atom stereocenters. The summed E-state index contributed by atoms with van der Waals surface area (Å²) in [5, 5.41) is 9.15. The van der Waals surface area contributed by atoms with Crippen molar-refractivity contribution in [2.45, 2.75) is 25.7 Å². The Morgan fingerprint density at radius 3 is 2.14 bits per heavy atom. The summed E-state index contributed by atoms with van der Waals surface area (Å²) in [5.41, 5.74) is 2.46. The second kappa shape index (κ2) is 5.81. The minimum Gasteiger partial charge on any atom is -0.478 e. The van der Waals surface area contributed by atoms with Gasteiger partial charge in [-0.05, 0) is 50.1 Å². The summed E-state index contributed by atoms with van der Waals surface area (Å²) in [6.45, 7) is 5.18. The number of nitrogens with one attached hydrogen (secondary N) is 1. The molecule has 2 aromatic carbocycles. The quantitative estimate of drug-likeness (QED) is 0.907. The average molecular weight is 319 g/mol. The van der Waals surface area contributed by atoms with E-state index in [0.29, 0.717) is 16.8 Å². The second-order valence-corrected chi connectivity index (χ2v) is 6.86. The van der Waals surface area contributed by atoms with Crippen LogP contribution in [0.2, 0.25) is 0 Å². The highest BCUT2D eigenvalue weighted by molar-refractivity contribution is 7.92. The lowest BCUT2D eigenvalue weighted by molar-refractivity contribution is 0.0696. The summed E-state index contributed by atoms with van der Waals surface area (Å²) in [4.78, 5) is 11.2. The molecular weight excluding hydrogens is 302 g/mol. The molecule has 0 aliphatic rings. The summed E-state index contributed by atoms with van der Waals surface area (Å²) >= 11 is 0. The number of rotatable bonds is 4. The number of hydrogen-bond acceptors (Lipinski definition) is 3. The van der Waals surface area contributed by atoms with Gasteiger partial charge in [0.05, 0.1) is 10.5 Å². The molecule has 22 heavy (non-hydrogen) atoms. The van der Waals surface area contributed by atoms with Crippen LogP contribution in [0.1, 0.15) is 27.0 Å². The van der Waals surface area contributed by atoms with Crippen LogP contribution >= 0.6 is 0 Å². The normalized spacial score (nSPS) is 11.2. The third-order valence-electron chi connectivity index (χ3n) is 3.35. The van der Waals surface area contributed by atoms with E-state index in [4.69, 9.17) is 5.11 Å². The highest BCUT2D eigenvalue weighted by Crippen LogP contribution is 2.23. The van der Waals surface area contributed by atoms with Gasteiger partial charge in [-0.1, -0.05) is 23.8 Å². The Bertz CT molecular complexity index is 824. The standard InChI is InChI=1S/C16H17NO4S/c1-10-4-6-13(7-5-10)17-22(20,21)15-9-14(16(18)19)11(2)8-12(15)3/h4-9,17H,1-3H3,(H,18,19). The Labute approximate surface area is 129 Å². The van der Waals surface area contributed by atoms with Crippen molar-refractivity contribution in [2.24, 2.45) is 0 Å². The van der Waals surface area contributed by atoms with Crippen LogP contribution in [-0.2, 0) is 10.0 Å². The van der Waals surface area contributed by atoms with Crippen molar-refractivity contribution in [1.29, 1.82) is 0 Å². The van der Waals surface area contributed by atoms with Crippen molar-refractivity contribution in [3.8, 4) is 0 Å². The van der Waals surface area contributed by atoms with Gasteiger partial charge in [-0.25, -0.2) is 13.2 Å². The van der Waals surface area contributed by atoms with E-state index < -0.39 is 16.0 Å². The van der Waals surface area contributed by atoms with Crippen LogP contribution in [0.4, 0.5) is 5.69 Å². The maximum atomic E-state index is 12.5. The molecule has 0 bridgehead atoms. The Morgan fingerprint density at radius 2 is 1.59 bits per heavy atom. The van der Waals surface area contributed by atoms with Crippen molar-refractivity contribution in [2.75, 3.05) is 4.72 Å². The van der Waals surface area contributed by atoms with E-state index in [1.54, 1.807) is 44.2 Å². The molecular formula is C16H17NO4S. The number of benzene rings is 2. The van der Waals surface area contributed by atoms with Crippen LogP contribution in [0.15, 0.2) is 41.3 Å². The molecule has 0 aliphatic heterocycles. The fourth-order valence-corrected chi connectivity index (χ4v) is 3.50. The average Bonchev–Trinajstić information content (AvgIpc) is 2.40. The summed E-state index contributed by atoms with van der Waals surface area (Å²) in [5.74, 6) is -1.15. The minimum absolute atomic E-state index is 0.0186. The predicted molar refractivity (Wildman–Crippen MR) is 84.9 cm³/mol. The molecule has 0 heterocycles. The summed E-state index contributed by atoms with van der Waals surface area (Å²) in [7, 11) is -3.84. The molecule has 0 saturated carbocycles. The number of aryl methyl sites for hydroxylation is 3. The van der Waals surface area contributed by atoms with Crippen molar-refractivity contribution in [3.63, 3.8) is 0 Å². The van der Waals surface area contributed by atoms with Gasteiger partial charge in [-0.3, -0.25) is 4.72 Å². The predicted octanol–water partition coefficient (Wildman–Crippen LogP) is 3.11. The second-order valence-electron chi connectivity index (χ2n) is 5.21. The van der Waals surface area contributed by atoms with E-state index in [1.807, 2.05) is 6.92 Å². The van der Waals surface area contributed by atoms with Crippen molar-refractivity contribution in [1.82, 2.24) is 0 Å². The number of carboxylic acid groups (broad SMARTS) is 1. The van der Waals surface area contributed by atoms with E-state index in [-0.39, 0.29) is 10.5 Å². The first-order chi connectivity index (χ1) is 10.2. The van der Waals surface area contributed by atoms with Gasteiger partial charge >= 0.3 is 5.97 Å². The van der Waals surface area contributed by atoms with Crippen LogP contribution in [0.3, 0.4) is 0 Å². The molecule has 2 aromatic rings. The first-order valence-corrected chi connectivity index (χ1v) is 8.13. The first-order valence-electron chi connectivity index (χ1n) is 6.65. The number of aromatic carboxylic acids is 1. The monoisotopic (exact) mass is 319 g/mol. The largest absolute Gasteiger partial charge is 0.478 e. The smallest absolute Gasteiger partial charge is 0.335 e. The Morgan fingerprint density at radius 1 is 1.00 bits per heavy atom. The molecule has 0 aromatic heterocycles. The lowest BCUT2D eigenvalue weighted by atomic mass is 10.1. The van der Waals surface area contributed by atoms with E-state index in [1.165, 1.54) is 6.07 Å². The van der Waals surface area contributed by atoms with E-state index in [9.17, 15) is 13.2 Å². The Kier molecular flexibility index (Phi) is 4.23. The van der Waals surface area contributed by atoms with Crippen LogP contribution in [-0.4, -0.2) is 19.5 Å². The maximum absolute atomic E-state index is 12.5. The summed E-state index contributed by atoms with van der Waals surface area (Å²) < 4.78 is 27.4. The van der Waals surface area contributed by atoms with Crippen molar-refractivity contribution >= 4 is 21.7 Å². The molecule has 6 heteroatoms. The molecule has 116 valence electrons. The van der Waals surface area contributed by atoms with Crippen LogP contribution in [0, 0.1) is 20.8 Å². The highest BCUT2D eigenvalue weighted by atomic mass is 32.2. The van der Waals surface area contributed by atoms with Crippen LogP contribution < -0.4 is 4.72 Å². The first kappa shape index (κ1) is 16.0. The number of sulfonamides is 1. The molecule has 0 radical (unpaired) electrons. The van der Waals surface area contributed by atoms with Gasteiger partial charge in [0.2, 0.25) is 0 Å². The van der Waals surface area contributed by atoms with Crippen LogP contribution in [0.5, 0.6) is 0 Å². The molecule has 0 atom stereocenters. The van der Waals surface area contributed by atoms with Crippen molar-refractivity contribution in [3.05, 3.63) is 58.7 Å². The number of carbonyl (C=O) groups is 1. The fraction of sp³-hybridized carbons (Fsp3) is 0.188. The Hall–Kier alpha value is -2.34. The van der Waals surface area contributed by atoms with Gasteiger partial charge in [0.1, 0.15) is 0 Å². The number of carboxylic acids is 1. The molecule has 2 N–H and O–H groups in total. The van der Waals surface area contributed by atoms with Gasteiger partial charge in [0.25, 0.3) is 10.0 Å². The lowest BCUT2D eigenvalue weighted by Crippen LogP contribution is -2.15. The zero-order chi connectivity index (χ0) is 16.5. The molecule has 2 rings (SSSR count). The number of hydrogen-bond donors (Lipinski definition) is 2. The van der Waals surface area contributed by atoms with Crippen LogP contribution in [0.25, 0.3) is 0 Å². The third kappa shape index (κ3) is 3.28. The maximum Gasteiger partial charge on any atom is 0.335 e. The van der Waals surface area contributed by atoms with E-state index in [0.717, 1.165) is 5.56 Å². The minimum atomic E-state index is -3.84. The van der Waals surface area contributed by atoms with Gasteiger partial charge in [0, 0.05) is 5.69 Å². The molecule has 0 spiro atoms. The number of anilines is 1. The molecule has 0 fully saturated rings. The summed E-state index contributed by atoms with van der Waals surface area (Å²) in [6, 6.07) is 9.67.